The van der Waals surface area contributed by atoms with E-state index >= 15 is 0 Å². The van der Waals surface area contributed by atoms with Crippen molar-refractivity contribution in [2.45, 2.75) is 13.0 Å². The van der Waals surface area contributed by atoms with E-state index in [0.29, 0.717) is 27.4 Å². The minimum atomic E-state index is -0.891. The van der Waals surface area contributed by atoms with Crippen molar-refractivity contribution in [3.8, 4) is 11.5 Å². The number of ether oxygens (including phenoxy) is 2. The minimum Gasteiger partial charge on any atom is -0.502 e. The van der Waals surface area contributed by atoms with E-state index in [0.717, 1.165) is 11.3 Å². The van der Waals surface area contributed by atoms with Gasteiger partial charge in [0.2, 0.25) is 5.75 Å². The van der Waals surface area contributed by atoms with Crippen LogP contribution in [0.4, 0.5) is 5.69 Å². The number of methoxy groups -OCH3 is 1. The molecule has 0 bridgehead atoms. The van der Waals surface area contributed by atoms with Crippen molar-refractivity contribution in [2.24, 2.45) is 4.99 Å². The number of phenols is 1. The average molecular weight is 558 g/mol. The Morgan fingerprint density at radius 2 is 1.85 bits per heavy atom. The molecule has 0 aliphatic carbocycles. The number of para-hydroxylation sites is 1. The normalized spacial score (nSPS) is 14.8. The molecule has 0 radical (unpaired) electrons. The third-order valence-corrected chi connectivity index (χ3v) is 7.32. The zero-order valence-electron chi connectivity index (χ0n) is 21.4. The number of rotatable bonds is 7. The van der Waals surface area contributed by atoms with Gasteiger partial charge in [-0.25, -0.2) is 9.79 Å². The molecular weight excluding hydrogens is 534 g/mol. The molecule has 10 nitrogen and oxygen atoms in total. The van der Waals surface area contributed by atoms with E-state index in [4.69, 9.17) is 14.5 Å². The number of aromatic hydroxyl groups is 1. The van der Waals surface area contributed by atoms with E-state index < -0.39 is 33.9 Å². The summed E-state index contributed by atoms with van der Waals surface area (Å²) in [5.74, 6) is -0.569. The minimum absolute atomic E-state index is 0.105. The lowest BCUT2D eigenvalue weighted by atomic mass is 9.93. The maximum absolute atomic E-state index is 13.9. The zero-order valence-corrected chi connectivity index (χ0v) is 22.3. The molecule has 11 heteroatoms. The first kappa shape index (κ1) is 26.6. The van der Waals surface area contributed by atoms with Crippen LogP contribution in [0.15, 0.2) is 88.2 Å². The summed E-state index contributed by atoms with van der Waals surface area (Å²) in [7, 11) is 1.54. The number of hydrogen-bond donors (Lipinski definition) is 1. The molecule has 40 heavy (non-hydrogen) atoms. The van der Waals surface area contributed by atoms with Crippen molar-refractivity contribution in [1.29, 1.82) is 0 Å². The summed E-state index contributed by atoms with van der Waals surface area (Å²) in [6.07, 6.45) is 1.38. The van der Waals surface area contributed by atoms with E-state index in [9.17, 15) is 24.8 Å². The third kappa shape index (κ3) is 4.78. The molecule has 0 saturated heterocycles. The number of nitro benzene ring substituents is 1. The molecule has 1 N–H and O–H groups in total. The van der Waals surface area contributed by atoms with Gasteiger partial charge in [-0.15, -0.1) is 0 Å². The molecule has 0 amide bonds. The molecule has 0 spiro atoms. The summed E-state index contributed by atoms with van der Waals surface area (Å²) in [4.78, 5) is 43.0. The lowest BCUT2D eigenvalue weighted by molar-refractivity contribution is -0.385. The second-order valence-corrected chi connectivity index (χ2v) is 9.69. The van der Waals surface area contributed by atoms with Gasteiger partial charge < -0.3 is 14.6 Å². The smallest absolute Gasteiger partial charge is 0.338 e. The quantitative estimate of drug-likeness (QED) is 0.209. The van der Waals surface area contributed by atoms with Crippen LogP contribution in [0.3, 0.4) is 0 Å². The van der Waals surface area contributed by atoms with Gasteiger partial charge in [-0.1, -0.05) is 65.9 Å². The molecule has 5 rings (SSSR count). The SMILES string of the molecule is CCOC(=O)C1=C(c2ccccc2)N=c2s/c(=C/c3cccc([N+](=O)[O-])c3O)c(=O)n2[C@H]1c1ccc(OC)cc1. The fourth-order valence-electron chi connectivity index (χ4n) is 4.50. The number of esters is 1. The van der Waals surface area contributed by atoms with Crippen LogP contribution in [0.2, 0.25) is 0 Å². The largest absolute Gasteiger partial charge is 0.502 e. The van der Waals surface area contributed by atoms with Crippen LogP contribution >= 0.6 is 11.3 Å². The van der Waals surface area contributed by atoms with Gasteiger partial charge in [0.1, 0.15) is 5.75 Å². The number of aromatic nitrogens is 1. The second kappa shape index (κ2) is 11.0. The molecule has 0 fully saturated rings. The molecular formula is C29H23N3O7S. The fourth-order valence-corrected chi connectivity index (χ4v) is 5.49. The Morgan fingerprint density at radius 1 is 1.12 bits per heavy atom. The van der Waals surface area contributed by atoms with Crippen LogP contribution in [0, 0.1) is 10.1 Å². The fraction of sp³-hybridized carbons (Fsp3) is 0.138. The van der Waals surface area contributed by atoms with Crippen LogP contribution in [0.25, 0.3) is 11.8 Å². The molecule has 4 aromatic rings. The highest BCUT2D eigenvalue weighted by atomic mass is 32.1. The number of nitro groups is 1. The van der Waals surface area contributed by atoms with Gasteiger partial charge in [0.25, 0.3) is 5.56 Å². The highest BCUT2D eigenvalue weighted by Gasteiger charge is 2.35. The summed E-state index contributed by atoms with van der Waals surface area (Å²) in [5, 5.41) is 21.8. The van der Waals surface area contributed by atoms with Gasteiger partial charge in [-0.05, 0) is 30.7 Å². The number of phenolic OH excluding ortho intramolecular Hbond substituents is 1. The van der Waals surface area contributed by atoms with Crippen molar-refractivity contribution in [3.05, 3.63) is 125 Å². The predicted molar refractivity (Wildman–Crippen MR) is 149 cm³/mol. The van der Waals surface area contributed by atoms with E-state index in [1.807, 2.05) is 30.3 Å². The summed E-state index contributed by atoms with van der Waals surface area (Å²) in [5.41, 5.74) is 0.990. The second-order valence-electron chi connectivity index (χ2n) is 8.68. The first-order chi connectivity index (χ1) is 19.3. The highest BCUT2D eigenvalue weighted by Crippen LogP contribution is 2.36. The summed E-state index contributed by atoms with van der Waals surface area (Å²) in [6, 6.07) is 19.3. The molecule has 1 aromatic heterocycles. The first-order valence-electron chi connectivity index (χ1n) is 12.2. The van der Waals surface area contributed by atoms with Crippen LogP contribution in [0.5, 0.6) is 11.5 Å². The summed E-state index contributed by atoms with van der Waals surface area (Å²) >= 11 is 1.05. The number of nitrogens with zero attached hydrogens (tertiary/aromatic N) is 3. The van der Waals surface area contributed by atoms with E-state index in [-0.39, 0.29) is 22.3 Å². The van der Waals surface area contributed by atoms with Gasteiger partial charge >= 0.3 is 11.7 Å². The molecule has 202 valence electrons. The van der Waals surface area contributed by atoms with Crippen LogP contribution in [0.1, 0.15) is 29.7 Å². The average Bonchev–Trinajstić information content (AvgIpc) is 3.28. The van der Waals surface area contributed by atoms with Gasteiger partial charge in [0, 0.05) is 17.2 Å². The van der Waals surface area contributed by atoms with E-state index in [2.05, 4.69) is 0 Å². The third-order valence-electron chi connectivity index (χ3n) is 6.33. The van der Waals surface area contributed by atoms with Gasteiger partial charge in [0.05, 0.1) is 40.5 Å². The number of carbonyl (C=O) groups excluding carboxylic acids is 1. The van der Waals surface area contributed by atoms with Crippen molar-refractivity contribution in [2.75, 3.05) is 13.7 Å². The Balaban J connectivity index is 1.82. The number of thiazole rings is 1. The van der Waals surface area contributed by atoms with Crippen LogP contribution in [-0.4, -0.2) is 34.3 Å². The van der Waals surface area contributed by atoms with Crippen molar-refractivity contribution in [3.63, 3.8) is 0 Å². The molecule has 0 saturated carbocycles. The zero-order chi connectivity index (χ0) is 28.4. The number of hydrogen-bond acceptors (Lipinski definition) is 9. The van der Waals surface area contributed by atoms with Crippen LogP contribution < -0.4 is 19.6 Å². The van der Waals surface area contributed by atoms with Gasteiger partial charge in [-0.3, -0.25) is 19.5 Å². The number of fused-ring (bicyclic) bond motifs is 1. The molecule has 3 aromatic carbocycles. The summed E-state index contributed by atoms with van der Waals surface area (Å²) < 4.78 is 12.3. The predicted octanol–water partition coefficient (Wildman–Crippen LogP) is 3.56. The van der Waals surface area contributed by atoms with Crippen molar-refractivity contribution >= 4 is 34.8 Å². The topological polar surface area (TPSA) is 133 Å². The number of carbonyl (C=O) groups is 1. The Kier molecular flexibility index (Phi) is 7.30. The van der Waals surface area contributed by atoms with Gasteiger partial charge in [0.15, 0.2) is 4.80 Å². The lowest BCUT2D eigenvalue weighted by Crippen LogP contribution is -2.40. The number of benzene rings is 3. The van der Waals surface area contributed by atoms with Crippen molar-refractivity contribution < 1.29 is 24.3 Å². The maximum atomic E-state index is 13.9. The molecule has 1 aliphatic rings. The summed E-state index contributed by atoms with van der Waals surface area (Å²) in [6.45, 7) is 1.82. The highest BCUT2D eigenvalue weighted by molar-refractivity contribution is 7.07. The monoisotopic (exact) mass is 557 g/mol. The Hall–Kier alpha value is -5.03. The molecule has 0 unspecified atom stereocenters. The van der Waals surface area contributed by atoms with E-state index in [1.54, 1.807) is 38.3 Å². The van der Waals surface area contributed by atoms with Crippen LogP contribution in [-0.2, 0) is 9.53 Å². The molecule has 2 heterocycles. The Labute approximate surface area is 231 Å². The lowest BCUT2D eigenvalue weighted by Gasteiger charge is -2.26. The maximum Gasteiger partial charge on any atom is 0.338 e. The Bertz CT molecular complexity index is 1820. The van der Waals surface area contributed by atoms with E-state index in [1.165, 1.54) is 28.8 Å². The Morgan fingerprint density at radius 3 is 2.50 bits per heavy atom. The van der Waals surface area contributed by atoms with Crippen molar-refractivity contribution in [1.82, 2.24) is 4.57 Å². The molecule has 1 aliphatic heterocycles. The first-order valence-corrected chi connectivity index (χ1v) is 13.0. The molecule has 1 atom stereocenters. The standard InChI is InChI=1S/C29H23N3O7S/c1-3-39-28(35)23-24(17-8-5-4-6-9-17)30-29-31(25(23)18-12-14-20(38-2)15-13-18)27(34)22(40-29)16-19-10-7-11-21(26(19)33)32(36)37/h4-16,25,33H,3H2,1-2H3/b22-16+/t25-/m0/s1. The van der Waals surface area contributed by atoms with Gasteiger partial charge in [-0.2, -0.15) is 0 Å².